The summed E-state index contributed by atoms with van der Waals surface area (Å²) in [6.07, 6.45) is 6.71. The monoisotopic (exact) mass is 369 g/mol. The minimum absolute atomic E-state index is 0.107. The molecule has 1 aliphatic rings. The lowest BCUT2D eigenvalue weighted by molar-refractivity contribution is -0.384. The quantitative estimate of drug-likeness (QED) is 0.597. The van der Waals surface area contributed by atoms with Crippen LogP contribution in [0.2, 0.25) is 0 Å². The summed E-state index contributed by atoms with van der Waals surface area (Å²) in [7, 11) is 0. The summed E-state index contributed by atoms with van der Waals surface area (Å²) < 4.78 is 0. The van der Waals surface area contributed by atoms with Crippen molar-refractivity contribution in [2.75, 3.05) is 23.3 Å². The molecular formula is C19H23N5O3. The Morgan fingerprint density at radius 2 is 1.93 bits per heavy atom. The van der Waals surface area contributed by atoms with Gasteiger partial charge < -0.3 is 16.0 Å². The van der Waals surface area contributed by atoms with Crippen molar-refractivity contribution in [3.05, 3.63) is 57.8 Å². The number of nitrogens with zero attached hydrogens (tertiary/aromatic N) is 3. The van der Waals surface area contributed by atoms with E-state index in [-0.39, 0.29) is 11.3 Å². The summed E-state index contributed by atoms with van der Waals surface area (Å²) in [5.41, 5.74) is 6.37. The first-order valence-electron chi connectivity index (χ1n) is 9.06. The third kappa shape index (κ3) is 4.72. The molecule has 0 aliphatic carbocycles. The Labute approximate surface area is 157 Å². The Hall–Kier alpha value is -3.16. The highest BCUT2D eigenvalue weighted by Crippen LogP contribution is 2.26. The van der Waals surface area contributed by atoms with Gasteiger partial charge in [0, 0.05) is 37.5 Å². The van der Waals surface area contributed by atoms with Gasteiger partial charge in [-0.3, -0.25) is 14.9 Å². The van der Waals surface area contributed by atoms with Gasteiger partial charge in [0.05, 0.1) is 4.92 Å². The number of carbonyl (C=O) groups is 1. The molecule has 8 heteroatoms. The molecule has 0 radical (unpaired) electrons. The third-order valence-electron chi connectivity index (χ3n) is 4.70. The number of hydrogen-bond acceptors (Lipinski definition) is 6. The summed E-state index contributed by atoms with van der Waals surface area (Å²) in [5, 5.41) is 14.3. The molecule has 0 unspecified atom stereocenters. The normalized spacial score (nSPS) is 14.4. The summed E-state index contributed by atoms with van der Waals surface area (Å²) >= 11 is 0. The van der Waals surface area contributed by atoms with E-state index < -0.39 is 10.8 Å². The largest absolute Gasteiger partial charge is 0.375 e. The molecule has 0 bridgehead atoms. The van der Waals surface area contributed by atoms with E-state index in [1.165, 1.54) is 43.9 Å². The highest BCUT2D eigenvalue weighted by atomic mass is 16.6. The van der Waals surface area contributed by atoms with E-state index >= 15 is 0 Å². The number of amides is 1. The van der Waals surface area contributed by atoms with Crippen molar-refractivity contribution in [2.45, 2.75) is 32.2 Å². The van der Waals surface area contributed by atoms with Crippen LogP contribution in [-0.4, -0.2) is 28.9 Å². The molecule has 2 aromatic rings. The number of carbonyl (C=O) groups excluding carboxylic acids is 1. The van der Waals surface area contributed by atoms with Crippen molar-refractivity contribution in [3.63, 3.8) is 0 Å². The number of nitro groups is 1. The number of rotatable bonds is 6. The second-order valence-corrected chi connectivity index (χ2v) is 6.63. The van der Waals surface area contributed by atoms with Gasteiger partial charge in [-0.1, -0.05) is 18.9 Å². The number of nitrogens with one attached hydrogen (secondary N) is 1. The van der Waals surface area contributed by atoms with Gasteiger partial charge in [0.25, 0.3) is 5.69 Å². The Morgan fingerprint density at radius 1 is 1.19 bits per heavy atom. The number of anilines is 2. The molecule has 3 N–H and O–H groups in total. The number of pyridine rings is 1. The van der Waals surface area contributed by atoms with Gasteiger partial charge in [-0.15, -0.1) is 0 Å². The highest BCUT2D eigenvalue weighted by Gasteiger charge is 2.16. The molecule has 1 amide bonds. The summed E-state index contributed by atoms with van der Waals surface area (Å²) in [5.74, 6) is 0.274. The van der Waals surface area contributed by atoms with Crippen molar-refractivity contribution in [1.82, 2.24) is 4.98 Å². The zero-order valence-electron chi connectivity index (χ0n) is 15.1. The van der Waals surface area contributed by atoms with Gasteiger partial charge in [-0.2, -0.15) is 0 Å². The van der Waals surface area contributed by atoms with Gasteiger partial charge in [-0.25, -0.2) is 4.98 Å². The predicted octanol–water partition coefficient (Wildman–Crippen LogP) is 3.08. The molecular weight excluding hydrogens is 346 g/mol. The molecule has 1 aromatic carbocycles. The summed E-state index contributed by atoms with van der Waals surface area (Å²) in [6, 6.07) is 8.12. The Bertz CT molecular complexity index is 815. The van der Waals surface area contributed by atoms with E-state index in [9.17, 15) is 14.9 Å². The zero-order valence-corrected chi connectivity index (χ0v) is 15.1. The van der Waals surface area contributed by atoms with Gasteiger partial charge in [0.15, 0.2) is 0 Å². The fourth-order valence-corrected chi connectivity index (χ4v) is 3.19. The maximum atomic E-state index is 11.3. The second-order valence-electron chi connectivity index (χ2n) is 6.63. The van der Waals surface area contributed by atoms with E-state index in [1.54, 1.807) is 6.20 Å². The predicted molar refractivity (Wildman–Crippen MR) is 104 cm³/mol. The molecule has 2 heterocycles. The molecule has 27 heavy (non-hydrogen) atoms. The first-order valence-corrected chi connectivity index (χ1v) is 9.06. The molecule has 1 aromatic heterocycles. The van der Waals surface area contributed by atoms with Crippen LogP contribution in [0.5, 0.6) is 0 Å². The van der Waals surface area contributed by atoms with Crippen LogP contribution < -0.4 is 16.0 Å². The van der Waals surface area contributed by atoms with Crippen LogP contribution in [0.3, 0.4) is 0 Å². The first-order chi connectivity index (χ1) is 13.0. The van der Waals surface area contributed by atoms with Gasteiger partial charge in [0.1, 0.15) is 11.5 Å². The smallest absolute Gasteiger partial charge is 0.293 e. The van der Waals surface area contributed by atoms with Gasteiger partial charge >= 0.3 is 0 Å². The van der Waals surface area contributed by atoms with Crippen LogP contribution >= 0.6 is 0 Å². The number of nitro benzene ring substituents is 1. The molecule has 142 valence electrons. The van der Waals surface area contributed by atoms with Crippen molar-refractivity contribution in [1.29, 1.82) is 0 Å². The molecule has 8 nitrogen and oxygen atoms in total. The third-order valence-corrected chi connectivity index (χ3v) is 4.70. The van der Waals surface area contributed by atoms with Crippen molar-refractivity contribution < 1.29 is 9.72 Å². The lowest BCUT2D eigenvalue weighted by atomic mass is 10.1. The van der Waals surface area contributed by atoms with Crippen molar-refractivity contribution >= 4 is 23.1 Å². The summed E-state index contributed by atoms with van der Waals surface area (Å²) in [6.45, 7) is 2.45. The minimum atomic E-state index is -0.696. The summed E-state index contributed by atoms with van der Waals surface area (Å²) in [4.78, 5) is 28.8. The average molecular weight is 369 g/mol. The Balaban J connectivity index is 1.68. The van der Waals surface area contributed by atoms with Crippen LogP contribution in [0, 0.1) is 10.1 Å². The Kier molecular flexibility index (Phi) is 5.85. The number of aromatic nitrogens is 1. The average Bonchev–Trinajstić information content (AvgIpc) is 2.96. The van der Waals surface area contributed by atoms with Crippen LogP contribution in [0.4, 0.5) is 17.2 Å². The molecule has 0 atom stereocenters. The molecule has 1 saturated heterocycles. The van der Waals surface area contributed by atoms with Crippen LogP contribution in [-0.2, 0) is 6.54 Å². The Morgan fingerprint density at radius 3 is 2.52 bits per heavy atom. The SMILES string of the molecule is NC(=O)c1ccc(NCc2ccc(N3CCCCCC3)nc2)c([N+](=O)[O-])c1. The standard InChI is InChI=1S/C19H23N5O3/c20-19(25)15-6-7-16(17(11-15)24(26)27)21-12-14-5-8-18(22-13-14)23-9-3-1-2-4-10-23/h5-8,11,13,21H,1-4,9-10,12H2,(H2,20,25). The van der Waals surface area contributed by atoms with Gasteiger partial charge in [-0.05, 0) is 36.6 Å². The number of nitrogens with two attached hydrogens (primary N) is 1. The van der Waals surface area contributed by atoms with E-state index in [0.717, 1.165) is 24.5 Å². The number of hydrogen-bond donors (Lipinski definition) is 2. The maximum absolute atomic E-state index is 11.3. The molecule has 1 aliphatic heterocycles. The maximum Gasteiger partial charge on any atom is 0.293 e. The van der Waals surface area contributed by atoms with Crippen LogP contribution in [0.1, 0.15) is 41.6 Å². The topological polar surface area (TPSA) is 114 Å². The minimum Gasteiger partial charge on any atom is -0.375 e. The second kappa shape index (κ2) is 8.48. The fraction of sp³-hybridized carbons (Fsp3) is 0.368. The van der Waals surface area contributed by atoms with Crippen molar-refractivity contribution in [3.8, 4) is 0 Å². The number of benzene rings is 1. The zero-order chi connectivity index (χ0) is 19.2. The van der Waals surface area contributed by atoms with Crippen LogP contribution in [0.25, 0.3) is 0 Å². The van der Waals surface area contributed by atoms with E-state index in [4.69, 9.17) is 5.73 Å². The molecule has 3 rings (SSSR count). The molecule has 1 fully saturated rings. The van der Waals surface area contributed by atoms with Crippen LogP contribution in [0.15, 0.2) is 36.5 Å². The molecule has 0 saturated carbocycles. The van der Waals surface area contributed by atoms with E-state index in [2.05, 4.69) is 15.2 Å². The molecule has 0 spiro atoms. The lowest BCUT2D eigenvalue weighted by Crippen LogP contribution is -2.24. The van der Waals surface area contributed by atoms with Gasteiger partial charge in [0.2, 0.25) is 5.91 Å². The first kappa shape index (κ1) is 18.6. The van der Waals surface area contributed by atoms with E-state index in [1.807, 2.05) is 12.1 Å². The van der Waals surface area contributed by atoms with E-state index in [0.29, 0.717) is 12.2 Å². The van der Waals surface area contributed by atoms with Crippen molar-refractivity contribution in [2.24, 2.45) is 5.73 Å². The highest BCUT2D eigenvalue weighted by molar-refractivity contribution is 5.94. The fourth-order valence-electron chi connectivity index (χ4n) is 3.19. The lowest BCUT2D eigenvalue weighted by Gasteiger charge is -2.21. The number of primary amides is 1.